The zero-order chi connectivity index (χ0) is 11.6. The summed E-state index contributed by atoms with van der Waals surface area (Å²) < 4.78 is 32.2. The molecule has 6 heteroatoms. The van der Waals surface area contributed by atoms with Gasteiger partial charge in [-0.2, -0.15) is 0 Å². The molecule has 0 aromatic heterocycles. The third kappa shape index (κ3) is 2.79. The second-order valence-electron chi connectivity index (χ2n) is 3.62. The van der Waals surface area contributed by atoms with E-state index in [0.29, 0.717) is 18.0 Å². The van der Waals surface area contributed by atoms with Crippen LogP contribution in [0.3, 0.4) is 0 Å². The van der Waals surface area contributed by atoms with Crippen LogP contribution in [-0.4, -0.2) is 33.8 Å². The van der Waals surface area contributed by atoms with Crippen molar-refractivity contribution in [2.75, 3.05) is 30.7 Å². The fourth-order valence-corrected chi connectivity index (χ4v) is 1.86. The first-order valence-corrected chi connectivity index (χ1v) is 6.92. The van der Waals surface area contributed by atoms with Crippen molar-refractivity contribution in [3.8, 4) is 11.5 Å². The minimum atomic E-state index is -2.92. The lowest BCUT2D eigenvalue weighted by molar-refractivity contribution is 0.174. The van der Waals surface area contributed by atoms with Crippen LogP contribution in [0, 0.1) is 0 Å². The molecule has 5 nitrogen and oxygen atoms in total. The molecule has 1 aliphatic heterocycles. The van der Waals surface area contributed by atoms with Gasteiger partial charge in [0.25, 0.3) is 0 Å². The summed E-state index contributed by atoms with van der Waals surface area (Å²) in [4.78, 5) is 0. The van der Waals surface area contributed by atoms with Gasteiger partial charge in [-0.05, 0) is 12.1 Å². The maximum absolute atomic E-state index is 10.9. The first-order valence-electron chi connectivity index (χ1n) is 4.86. The second-order valence-corrected chi connectivity index (χ2v) is 5.88. The predicted molar refractivity (Wildman–Crippen MR) is 60.8 cm³/mol. The number of anilines is 1. The van der Waals surface area contributed by atoms with Crippen LogP contribution < -0.4 is 14.8 Å². The summed E-state index contributed by atoms with van der Waals surface area (Å²) in [6.45, 7) is 0.626. The highest BCUT2D eigenvalue weighted by molar-refractivity contribution is 7.90. The summed E-state index contributed by atoms with van der Waals surface area (Å²) in [5, 5.41) is 3.02. The summed E-state index contributed by atoms with van der Waals surface area (Å²) >= 11 is 0. The average Bonchev–Trinajstić information content (AvgIpc) is 2.62. The van der Waals surface area contributed by atoms with Gasteiger partial charge in [-0.25, -0.2) is 8.42 Å². The molecule has 1 aromatic rings. The van der Waals surface area contributed by atoms with Crippen LogP contribution >= 0.6 is 0 Å². The monoisotopic (exact) mass is 243 g/mol. The number of sulfone groups is 1. The Morgan fingerprint density at radius 1 is 1.31 bits per heavy atom. The van der Waals surface area contributed by atoms with Gasteiger partial charge in [-0.1, -0.05) is 0 Å². The summed E-state index contributed by atoms with van der Waals surface area (Å²) in [7, 11) is -2.92. The summed E-state index contributed by atoms with van der Waals surface area (Å²) in [6.07, 6.45) is 1.22. The van der Waals surface area contributed by atoms with Crippen LogP contribution in [0.2, 0.25) is 0 Å². The van der Waals surface area contributed by atoms with E-state index in [1.807, 2.05) is 6.07 Å². The molecule has 2 rings (SSSR count). The quantitative estimate of drug-likeness (QED) is 0.850. The molecular weight excluding hydrogens is 230 g/mol. The van der Waals surface area contributed by atoms with Crippen LogP contribution in [0.5, 0.6) is 11.5 Å². The minimum absolute atomic E-state index is 0.113. The molecular formula is C10H13NO4S. The van der Waals surface area contributed by atoms with Crippen molar-refractivity contribution >= 4 is 15.5 Å². The smallest absolute Gasteiger partial charge is 0.231 e. The van der Waals surface area contributed by atoms with Gasteiger partial charge in [0, 0.05) is 24.6 Å². The molecule has 88 valence electrons. The number of hydrogen-bond acceptors (Lipinski definition) is 5. The molecule has 0 amide bonds. The molecule has 1 heterocycles. The number of ether oxygens (including phenoxy) is 2. The van der Waals surface area contributed by atoms with Crippen molar-refractivity contribution in [2.24, 2.45) is 0 Å². The molecule has 0 saturated heterocycles. The zero-order valence-electron chi connectivity index (χ0n) is 8.89. The summed E-state index contributed by atoms with van der Waals surface area (Å²) in [5.41, 5.74) is 0.827. The standard InChI is InChI=1S/C10H13NO4S/c1-16(12,13)5-4-11-8-2-3-9-10(6-8)15-7-14-9/h2-3,6,11H,4-5,7H2,1H3. The Morgan fingerprint density at radius 3 is 2.81 bits per heavy atom. The van der Waals surface area contributed by atoms with E-state index in [4.69, 9.17) is 9.47 Å². The molecule has 0 aliphatic carbocycles. The van der Waals surface area contributed by atoms with Crippen molar-refractivity contribution in [1.82, 2.24) is 0 Å². The van der Waals surface area contributed by atoms with Crippen LogP contribution in [0.15, 0.2) is 18.2 Å². The number of hydrogen-bond donors (Lipinski definition) is 1. The van der Waals surface area contributed by atoms with Crippen molar-refractivity contribution in [3.05, 3.63) is 18.2 Å². The SMILES string of the molecule is CS(=O)(=O)CCNc1ccc2c(c1)OCO2. The Hall–Kier alpha value is -1.43. The first kappa shape index (κ1) is 11.1. The van der Waals surface area contributed by atoms with Crippen LogP contribution in [-0.2, 0) is 9.84 Å². The van der Waals surface area contributed by atoms with Gasteiger partial charge in [0.2, 0.25) is 6.79 Å². The lowest BCUT2D eigenvalue weighted by Crippen LogP contribution is -2.13. The van der Waals surface area contributed by atoms with Gasteiger partial charge in [0.05, 0.1) is 5.75 Å². The Labute approximate surface area is 94.3 Å². The normalized spacial score (nSPS) is 13.8. The lowest BCUT2D eigenvalue weighted by Gasteiger charge is -2.06. The van der Waals surface area contributed by atoms with E-state index in [0.717, 1.165) is 5.69 Å². The summed E-state index contributed by atoms with van der Waals surface area (Å²) in [5.74, 6) is 1.51. The van der Waals surface area contributed by atoms with Gasteiger partial charge >= 0.3 is 0 Å². The van der Waals surface area contributed by atoms with E-state index in [9.17, 15) is 8.42 Å². The van der Waals surface area contributed by atoms with Crippen LogP contribution in [0.1, 0.15) is 0 Å². The summed E-state index contributed by atoms with van der Waals surface area (Å²) in [6, 6.07) is 5.42. The molecule has 0 spiro atoms. The Balaban J connectivity index is 1.95. The van der Waals surface area contributed by atoms with Crippen LogP contribution in [0.25, 0.3) is 0 Å². The Bertz CT molecular complexity index is 484. The largest absolute Gasteiger partial charge is 0.454 e. The third-order valence-corrected chi connectivity index (χ3v) is 3.12. The number of nitrogens with one attached hydrogen (secondary N) is 1. The van der Waals surface area contributed by atoms with E-state index in [2.05, 4.69) is 5.32 Å². The van der Waals surface area contributed by atoms with Gasteiger partial charge in [-0.3, -0.25) is 0 Å². The number of benzene rings is 1. The number of fused-ring (bicyclic) bond motifs is 1. The van der Waals surface area contributed by atoms with Crippen molar-refractivity contribution < 1.29 is 17.9 Å². The highest BCUT2D eigenvalue weighted by Gasteiger charge is 2.13. The van der Waals surface area contributed by atoms with Gasteiger partial charge in [0.15, 0.2) is 11.5 Å². The highest BCUT2D eigenvalue weighted by atomic mass is 32.2. The predicted octanol–water partition coefficient (Wildman–Crippen LogP) is 0.872. The molecule has 0 bridgehead atoms. The van der Waals surface area contributed by atoms with Crippen molar-refractivity contribution in [2.45, 2.75) is 0 Å². The Morgan fingerprint density at radius 2 is 2.06 bits per heavy atom. The average molecular weight is 243 g/mol. The number of rotatable bonds is 4. The molecule has 0 saturated carbocycles. The molecule has 16 heavy (non-hydrogen) atoms. The van der Waals surface area contributed by atoms with E-state index in [1.54, 1.807) is 12.1 Å². The fourth-order valence-electron chi connectivity index (χ4n) is 1.39. The van der Waals surface area contributed by atoms with Gasteiger partial charge in [-0.15, -0.1) is 0 Å². The molecule has 0 radical (unpaired) electrons. The second kappa shape index (κ2) is 4.21. The topological polar surface area (TPSA) is 64.6 Å². The molecule has 1 aromatic carbocycles. The van der Waals surface area contributed by atoms with Gasteiger partial charge < -0.3 is 14.8 Å². The molecule has 0 fully saturated rings. The molecule has 1 N–H and O–H groups in total. The maximum atomic E-state index is 10.9. The lowest BCUT2D eigenvalue weighted by atomic mass is 10.3. The molecule has 0 atom stereocenters. The third-order valence-electron chi connectivity index (χ3n) is 2.17. The fraction of sp³-hybridized carbons (Fsp3) is 0.400. The highest BCUT2D eigenvalue weighted by Crippen LogP contribution is 2.34. The van der Waals surface area contributed by atoms with Crippen molar-refractivity contribution in [1.29, 1.82) is 0 Å². The Kier molecular flexibility index (Phi) is 2.91. The molecule has 0 unspecified atom stereocenters. The van der Waals surface area contributed by atoms with E-state index < -0.39 is 9.84 Å². The zero-order valence-corrected chi connectivity index (χ0v) is 9.71. The van der Waals surface area contributed by atoms with Crippen molar-refractivity contribution in [3.63, 3.8) is 0 Å². The first-order chi connectivity index (χ1) is 7.54. The van der Waals surface area contributed by atoms with Crippen LogP contribution in [0.4, 0.5) is 5.69 Å². The van der Waals surface area contributed by atoms with E-state index in [-0.39, 0.29) is 12.5 Å². The van der Waals surface area contributed by atoms with E-state index >= 15 is 0 Å². The molecule has 1 aliphatic rings. The van der Waals surface area contributed by atoms with E-state index in [1.165, 1.54) is 6.26 Å². The van der Waals surface area contributed by atoms with Gasteiger partial charge in [0.1, 0.15) is 9.84 Å². The minimum Gasteiger partial charge on any atom is -0.454 e. The maximum Gasteiger partial charge on any atom is 0.231 e.